The normalized spacial score (nSPS) is 11.2. The third kappa shape index (κ3) is 4.29. The molecule has 2 amide bonds. The van der Waals surface area contributed by atoms with Gasteiger partial charge in [0.2, 0.25) is 0 Å². The number of amides is 2. The minimum absolute atomic E-state index is 0.101. The first-order chi connectivity index (χ1) is 13.1. The van der Waals surface area contributed by atoms with Crippen molar-refractivity contribution in [3.63, 3.8) is 0 Å². The van der Waals surface area contributed by atoms with Gasteiger partial charge in [-0.25, -0.2) is 8.42 Å². The van der Waals surface area contributed by atoms with Crippen LogP contribution >= 0.6 is 11.6 Å². The maximum Gasteiger partial charge on any atom is 0.271 e. The summed E-state index contributed by atoms with van der Waals surface area (Å²) >= 11 is 5.98. The molecule has 0 spiro atoms. The van der Waals surface area contributed by atoms with Crippen molar-refractivity contribution in [2.24, 2.45) is 0 Å². The number of hydrogen-bond donors (Lipinski definition) is 2. The van der Waals surface area contributed by atoms with Gasteiger partial charge in [-0.3, -0.25) is 25.4 Å². The molecule has 0 aliphatic carbocycles. The number of aryl methyl sites for hydroxylation is 1. The molecule has 7 nitrogen and oxygen atoms in total. The zero-order valence-electron chi connectivity index (χ0n) is 15.0. The van der Waals surface area contributed by atoms with Crippen molar-refractivity contribution in [2.45, 2.75) is 11.8 Å². The van der Waals surface area contributed by atoms with Crippen molar-refractivity contribution in [2.75, 3.05) is 6.26 Å². The fourth-order valence-corrected chi connectivity index (χ4v) is 3.39. The van der Waals surface area contributed by atoms with Gasteiger partial charge in [0.25, 0.3) is 11.8 Å². The van der Waals surface area contributed by atoms with E-state index in [1.54, 1.807) is 31.2 Å². The number of carbonyl (C=O) groups excluding carboxylic acids is 2. The Bertz CT molecular complexity index is 1190. The highest BCUT2D eigenvalue weighted by molar-refractivity contribution is 7.90. The lowest BCUT2D eigenvalue weighted by atomic mass is 10.1. The Balaban J connectivity index is 1.74. The molecule has 0 aliphatic heterocycles. The van der Waals surface area contributed by atoms with E-state index in [2.05, 4.69) is 15.8 Å². The smallest absolute Gasteiger partial charge is 0.267 e. The van der Waals surface area contributed by atoms with Crippen molar-refractivity contribution in [1.29, 1.82) is 0 Å². The number of benzene rings is 2. The highest BCUT2D eigenvalue weighted by Crippen LogP contribution is 2.20. The summed E-state index contributed by atoms with van der Waals surface area (Å²) < 4.78 is 22.9. The number of hydrogen-bond acceptors (Lipinski definition) is 5. The van der Waals surface area contributed by atoms with Gasteiger partial charge < -0.3 is 0 Å². The van der Waals surface area contributed by atoms with Gasteiger partial charge in [0.15, 0.2) is 9.84 Å². The summed E-state index contributed by atoms with van der Waals surface area (Å²) in [5.74, 6) is -1.11. The number of nitrogens with zero attached hydrogens (tertiary/aromatic N) is 1. The van der Waals surface area contributed by atoms with Crippen LogP contribution in [0.2, 0.25) is 5.02 Å². The number of aromatic nitrogens is 1. The molecule has 9 heteroatoms. The number of halogens is 1. The van der Waals surface area contributed by atoms with Crippen molar-refractivity contribution in [3.05, 3.63) is 70.4 Å². The Hall–Kier alpha value is -2.97. The molecule has 2 aromatic carbocycles. The van der Waals surface area contributed by atoms with E-state index in [9.17, 15) is 18.0 Å². The maximum atomic E-state index is 12.4. The van der Waals surface area contributed by atoms with E-state index in [0.29, 0.717) is 27.2 Å². The zero-order valence-corrected chi connectivity index (χ0v) is 16.6. The van der Waals surface area contributed by atoms with Crippen LogP contribution in [0.4, 0.5) is 0 Å². The first-order valence-corrected chi connectivity index (χ1v) is 10.4. The summed E-state index contributed by atoms with van der Waals surface area (Å²) in [6, 6.07) is 12.2. The fourth-order valence-electron chi connectivity index (χ4n) is 2.58. The molecule has 0 unspecified atom stereocenters. The predicted octanol–water partition coefficient (Wildman–Crippen LogP) is 2.67. The van der Waals surface area contributed by atoms with Crippen LogP contribution in [0, 0.1) is 6.92 Å². The maximum absolute atomic E-state index is 12.4. The number of carbonyl (C=O) groups is 2. The predicted molar refractivity (Wildman–Crippen MR) is 106 cm³/mol. The van der Waals surface area contributed by atoms with Crippen LogP contribution in [0.3, 0.4) is 0 Å². The molecule has 0 radical (unpaired) electrons. The summed E-state index contributed by atoms with van der Waals surface area (Å²) in [6.07, 6.45) is 1.08. The Morgan fingerprint density at radius 2 is 1.61 bits per heavy atom. The Kier molecular flexibility index (Phi) is 5.35. The van der Waals surface area contributed by atoms with E-state index in [4.69, 9.17) is 11.6 Å². The van der Waals surface area contributed by atoms with E-state index in [-0.39, 0.29) is 10.5 Å². The minimum Gasteiger partial charge on any atom is -0.267 e. The molecule has 0 fully saturated rings. The van der Waals surface area contributed by atoms with Gasteiger partial charge in [-0.15, -0.1) is 0 Å². The summed E-state index contributed by atoms with van der Waals surface area (Å²) in [5, 5.41) is 1.22. The molecule has 0 bridgehead atoms. The molecule has 0 saturated heterocycles. The number of fused-ring (bicyclic) bond motifs is 1. The number of rotatable bonds is 3. The Morgan fingerprint density at radius 1 is 0.964 bits per heavy atom. The fraction of sp³-hybridized carbons (Fsp3) is 0.105. The van der Waals surface area contributed by atoms with Gasteiger partial charge in [0.05, 0.1) is 21.7 Å². The van der Waals surface area contributed by atoms with Crippen molar-refractivity contribution in [3.8, 4) is 0 Å². The van der Waals surface area contributed by atoms with Crippen LogP contribution in [-0.4, -0.2) is 31.5 Å². The van der Waals surface area contributed by atoms with Gasteiger partial charge in [-0.1, -0.05) is 11.6 Å². The molecule has 1 aromatic heterocycles. The Morgan fingerprint density at radius 3 is 2.25 bits per heavy atom. The molecule has 3 aromatic rings. The number of hydrazine groups is 1. The molecular formula is C19H16ClN3O4S. The third-order valence-electron chi connectivity index (χ3n) is 4.05. The second-order valence-electron chi connectivity index (χ2n) is 6.16. The second-order valence-corrected chi connectivity index (χ2v) is 8.62. The molecule has 28 heavy (non-hydrogen) atoms. The van der Waals surface area contributed by atoms with Crippen molar-refractivity contribution < 1.29 is 18.0 Å². The average molecular weight is 418 g/mol. The number of pyridine rings is 1. The van der Waals surface area contributed by atoms with E-state index < -0.39 is 21.7 Å². The van der Waals surface area contributed by atoms with Crippen molar-refractivity contribution >= 4 is 44.2 Å². The first kappa shape index (κ1) is 19.8. The highest BCUT2D eigenvalue weighted by atomic mass is 35.5. The molecule has 3 rings (SSSR count). The van der Waals surface area contributed by atoms with Gasteiger partial charge in [0, 0.05) is 22.2 Å². The van der Waals surface area contributed by atoms with Crippen LogP contribution < -0.4 is 10.9 Å². The summed E-state index contributed by atoms with van der Waals surface area (Å²) in [4.78, 5) is 29.1. The summed E-state index contributed by atoms with van der Waals surface area (Å²) in [7, 11) is -3.35. The lowest BCUT2D eigenvalue weighted by Crippen LogP contribution is -2.42. The summed E-state index contributed by atoms with van der Waals surface area (Å²) in [5.41, 5.74) is 6.33. The lowest BCUT2D eigenvalue weighted by Gasteiger charge is -2.10. The van der Waals surface area contributed by atoms with Crippen LogP contribution in [-0.2, 0) is 9.84 Å². The van der Waals surface area contributed by atoms with E-state index in [0.717, 1.165) is 6.26 Å². The van der Waals surface area contributed by atoms with Crippen LogP contribution in [0.15, 0.2) is 53.4 Å². The van der Waals surface area contributed by atoms with Gasteiger partial charge >= 0.3 is 0 Å². The summed E-state index contributed by atoms with van der Waals surface area (Å²) in [6.45, 7) is 1.69. The van der Waals surface area contributed by atoms with Crippen LogP contribution in [0.25, 0.3) is 10.9 Å². The van der Waals surface area contributed by atoms with Gasteiger partial charge in [-0.05, 0) is 55.5 Å². The number of sulfone groups is 1. The molecule has 2 N–H and O–H groups in total. The molecule has 0 saturated carbocycles. The molecule has 0 atom stereocenters. The average Bonchev–Trinajstić information content (AvgIpc) is 2.65. The molecular weight excluding hydrogens is 402 g/mol. The Labute approximate surface area is 166 Å². The van der Waals surface area contributed by atoms with Gasteiger partial charge in [-0.2, -0.15) is 0 Å². The zero-order chi connectivity index (χ0) is 20.5. The molecule has 0 aliphatic rings. The SMILES string of the molecule is Cc1nc2ccc(Cl)cc2cc1C(=O)NNC(=O)c1ccc(S(C)(=O)=O)cc1. The van der Waals surface area contributed by atoms with E-state index in [1.165, 1.54) is 24.3 Å². The topological polar surface area (TPSA) is 105 Å². The molecule has 144 valence electrons. The van der Waals surface area contributed by atoms with Crippen molar-refractivity contribution in [1.82, 2.24) is 15.8 Å². The largest absolute Gasteiger partial charge is 0.271 e. The second kappa shape index (κ2) is 7.57. The monoisotopic (exact) mass is 417 g/mol. The minimum atomic E-state index is -3.35. The quantitative estimate of drug-likeness (QED) is 0.637. The standard InChI is InChI=1S/C19H16ClN3O4S/c1-11-16(10-13-9-14(20)5-8-17(13)21-11)19(25)23-22-18(24)12-3-6-15(7-4-12)28(2,26)27/h3-10H,1-2H3,(H,22,24)(H,23,25). The van der Waals surface area contributed by atoms with E-state index >= 15 is 0 Å². The first-order valence-electron chi connectivity index (χ1n) is 8.13. The highest BCUT2D eigenvalue weighted by Gasteiger charge is 2.14. The third-order valence-corrected chi connectivity index (χ3v) is 5.41. The van der Waals surface area contributed by atoms with Gasteiger partial charge in [0.1, 0.15) is 0 Å². The number of nitrogens with one attached hydrogen (secondary N) is 2. The van der Waals surface area contributed by atoms with Crippen LogP contribution in [0.1, 0.15) is 26.4 Å². The lowest BCUT2D eigenvalue weighted by molar-refractivity contribution is 0.0846. The van der Waals surface area contributed by atoms with Crippen LogP contribution in [0.5, 0.6) is 0 Å². The van der Waals surface area contributed by atoms with E-state index in [1.807, 2.05) is 0 Å². The molecule has 1 heterocycles.